The van der Waals surface area contributed by atoms with E-state index in [1.165, 1.54) is 0 Å². The topological polar surface area (TPSA) is 20.2 Å². The second kappa shape index (κ2) is 4.50. The van der Waals surface area contributed by atoms with Crippen LogP contribution < -0.4 is 0 Å². The lowest BCUT2D eigenvalue weighted by molar-refractivity contribution is 0.117. The fourth-order valence-electron chi connectivity index (χ4n) is 1.88. The summed E-state index contributed by atoms with van der Waals surface area (Å²) >= 11 is 0. The maximum Gasteiger partial charge on any atom is 0.118 e. The molecule has 0 unspecified atom stereocenters. The van der Waals surface area contributed by atoms with Gasteiger partial charge in [0.2, 0.25) is 0 Å². The van der Waals surface area contributed by atoms with Crippen molar-refractivity contribution in [1.82, 2.24) is 0 Å². The lowest BCUT2D eigenvalue weighted by Crippen LogP contribution is -2.26. The third-order valence-electron chi connectivity index (χ3n) is 2.85. The average Bonchev–Trinajstić information content (AvgIpc) is 2.40. The Morgan fingerprint density at radius 3 is 1.50 bits per heavy atom. The van der Waals surface area contributed by atoms with E-state index in [0.717, 1.165) is 11.1 Å². The van der Waals surface area contributed by atoms with Crippen LogP contribution in [0.5, 0.6) is 0 Å². The molecule has 1 radical (unpaired) electrons. The summed E-state index contributed by atoms with van der Waals surface area (Å²) in [6.07, 6.45) is 1.82. The van der Waals surface area contributed by atoms with Crippen molar-refractivity contribution in [3.63, 3.8) is 0 Å². The van der Waals surface area contributed by atoms with Crippen LogP contribution in [0.1, 0.15) is 18.1 Å². The van der Waals surface area contributed by atoms with Crippen LogP contribution in [0.4, 0.5) is 0 Å². The molecule has 0 aromatic heterocycles. The van der Waals surface area contributed by atoms with Crippen molar-refractivity contribution in [1.29, 1.82) is 0 Å². The Hall–Kier alpha value is -1.60. The first-order valence-electron chi connectivity index (χ1n) is 5.41. The molecule has 2 aromatic rings. The summed E-state index contributed by atoms with van der Waals surface area (Å²) in [5.74, 6) is 0. The van der Waals surface area contributed by atoms with E-state index in [9.17, 15) is 5.11 Å². The van der Waals surface area contributed by atoms with Crippen molar-refractivity contribution < 1.29 is 5.11 Å². The monoisotopic (exact) mass is 211 g/mol. The van der Waals surface area contributed by atoms with Crippen LogP contribution in [-0.2, 0) is 5.60 Å². The van der Waals surface area contributed by atoms with E-state index in [2.05, 4.69) is 0 Å². The minimum atomic E-state index is -0.998. The van der Waals surface area contributed by atoms with E-state index in [1.807, 2.05) is 74.0 Å². The molecule has 0 heterocycles. The Balaban J connectivity index is 2.49. The maximum absolute atomic E-state index is 10.7. The zero-order chi connectivity index (χ0) is 11.4. The molecule has 0 aliphatic heterocycles. The van der Waals surface area contributed by atoms with Gasteiger partial charge in [-0.25, -0.2) is 0 Å². The highest BCUT2D eigenvalue weighted by molar-refractivity contribution is 5.38. The molecule has 1 heteroatoms. The van der Waals surface area contributed by atoms with E-state index in [0.29, 0.717) is 0 Å². The number of benzene rings is 2. The lowest BCUT2D eigenvalue weighted by Gasteiger charge is -2.27. The van der Waals surface area contributed by atoms with Gasteiger partial charge in [-0.2, -0.15) is 0 Å². The summed E-state index contributed by atoms with van der Waals surface area (Å²) in [6, 6.07) is 19.4. The maximum atomic E-state index is 10.7. The van der Waals surface area contributed by atoms with Gasteiger partial charge in [0.25, 0.3) is 0 Å². The predicted octanol–water partition coefficient (Wildman–Crippen LogP) is 3.15. The molecule has 1 nitrogen and oxygen atoms in total. The molecular weight excluding hydrogens is 196 g/mol. The van der Waals surface area contributed by atoms with Gasteiger partial charge in [0.15, 0.2) is 0 Å². The Kier molecular flexibility index (Phi) is 3.07. The van der Waals surface area contributed by atoms with Crippen LogP contribution in [0.25, 0.3) is 0 Å². The van der Waals surface area contributed by atoms with Crippen LogP contribution in [0.3, 0.4) is 0 Å². The minimum absolute atomic E-state index is 0.892. The molecule has 2 aromatic carbocycles. The van der Waals surface area contributed by atoms with Crippen LogP contribution in [0.15, 0.2) is 60.7 Å². The number of rotatable bonds is 3. The predicted molar refractivity (Wildman–Crippen MR) is 65.9 cm³/mol. The molecule has 1 N–H and O–H groups in total. The smallest absolute Gasteiger partial charge is 0.118 e. The van der Waals surface area contributed by atoms with Gasteiger partial charge in [0.05, 0.1) is 0 Å². The van der Waals surface area contributed by atoms with Crippen LogP contribution in [-0.4, -0.2) is 5.11 Å². The molecule has 0 amide bonds. The van der Waals surface area contributed by atoms with E-state index in [-0.39, 0.29) is 0 Å². The van der Waals surface area contributed by atoms with Crippen LogP contribution >= 0.6 is 0 Å². The fraction of sp³-hybridized carbons (Fsp3) is 0.133. The normalized spacial score (nSPS) is 11.4. The van der Waals surface area contributed by atoms with Gasteiger partial charge in [-0.1, -0.05) is 67.6 Å². The van der Waals surface area contributed by atoms with Gasteiger partial charge in [-0.3, -0.25) is 0 Å². The van der Waals surface area contributed by atoms with Crippen molar-refractivity contribution in [3.8, 4) is 0 Å². The molecule has 81 valence electrons. The molecule has 16 heavy (non-hydrogen) atoms. The largest absolute Gasteiger partial charge is 0.380 e. The SMILES string of the molecule is C[CH]C(O)(c1ccccc1)c1ccccc1. The van der Waals surface area contributed by atoms with Gasteiger partial charge in [0.1, 0.15) is 5.60 Å². The van der Waals surface area contributed by atoms with Gasteiger partial charge in [0, 0.05) is 0 Å². The molecule has 0 aliphatic carbocycles. The minimum Gasteiger partial charge on any atom is -0.380 e. The summed E-state index contributed by atoms with van der Waals surface area (Å²) in [4.78, 5) is 0. The molecule has 2 rings (SSSR count). The second-order valence-corrected chi connectivity index (χ2v) is 3.79. The highest BCUT2D eigenvalue weighted by Crippen LogP contribution is 2.31. The van der Waals surface area contributed by atoms with Gasteiger partial charge >= 0.3 is 0 Å². The zero-order valence-corrected chi connectivity index (χ0v) is 9.30. The third-order valence-corrected chi connectivity index (χ3v) is 2.85. The Bertz CT molecular complexity index is 394. The van der Waals surface area contributed by atoms with Crippen LogP contribution in [0, 0.1) is 6.42 Å². The number of aliphatic hydroxyl groups is 1. The summed E-state index contributed by atoms with van der Waals surface area (Å²) in [5.41, 5.74) is 0.787. The highest BCUT2D eigenvalue weighted by Gasteiger charge is 2.28. The number of hydrogen-bond acceptors (Lipinski definition) is 1. The first kappa shape index (κ1) is 10.9. The standard InChI is InChI=1S/C15H15O/c1-2-15(16,13-9-5-3-6-10-13)14-11-7-4-8-12-14/h2-12,16H,1H3. The first-order chi connectivity index (χ1) is 7.77. The van der Waals surface area contributed by atoms with Crippen molar-refractivity contribution in [2.75, 3.05) is 0 Å². The molecule has 0 atom stereocenters. The molecule has 0 fully saturated rings. The molecule has 0 saturated carbocycles. The molecule has 0 saturated heterocycles. The Labute approximate surface area is 96.4 Å². The zero-order valence-electron chi connectivity index (χ0n) is 9.30. The average molecular weight is 211 g/mol. The molecular formula is C15H15O. The van der Waals surface area contributed by atoms with Gasteiger partial charge in [-0.05, 0) is 17.5 Å². The van der Waals surface area contributed by atoms with E-state index in [1.54, 1.807) is 0 Å². The summed E-state index contributed by atoms with van der Waals surface area (Å²) in [5, 5.41) is 10.7. The number of hydrogen-bond donors (Lipinski definition) is 1. The van der Waals surface area contributed by atoms with Gasteiger partial charge < -0.3 is 5.11 Å². The summed E-state index contributed by atoms with van der Waals surface area (Å²) in [6.45, 7) is 1.88. The Morgan fingerprint density at radius 2 is 1.19 bits per heavy atom. The summed E-state index contributed by atoms with van der Waals surface area (Å²) < 4.78 is 0. The van der Waals surface area contributed by atoms with Gasteiger partial charge in [-0.15, -0.1) is 0 Å². The highest BCUT2D eigenvalue weighted by atomic mass is 16.3. The molecule has 0 spiro atoms. The van der Waals surface area contributed by atoms with E-state index in [4.69, 9.17) is 0 Å². The van der Waals surface area contributed by atoms with Crippen LogP contribution in [0.2, 0.25) is 0 Å². The second-order valence-electron chi connectivity index (χ2n) is 3.79. The van der Waals surface area contributed by atoms with Crippen molar-refractivity contribution in [3.05, 3.63) is 78.2 Å². The van der Waals surface area contributed by atoms with Crippen molar-refractivity contribution in [2.24, 2.45) is 0 Å². The van der Waals surface area contributed by atoms with Crippen molar-refractivity contribution in [2.45, 2.75) is 12.5 Å². The quantitative estimate of drug-likeness (QED) is 0.827. The molecule has 0 aliphatic rings. The van der Waals surface area contributed by atoms with Crippen molar-refractivity contribution >= 4 is 0 Å². The lowest BCUT2D eigenvalue weighted by atomic mass is 9.84. The summed E-state index contributed by atoms with van der Waals surface area (Å²) in [7, 11) is 0. The van der Waals surface area contributed by atoms with E-state index < -0.39 is 5.60 Å². The third kappa shape index (κ3) is 1.86. The fourth-order valence-corrected chi connectivity index (χ4v) is 1.88. The molecule has 0 bridgehead atoms. The first-order valence-corrected chi connectivity index (χ1v) is 5.41. The van der Waals surface area contributed by atoms with E-state index >= 15 is 0 Å². The Morgan fingerprint density at radius 1 is 0.812 bits per heavy atom.